The number of aromatic nitrogens is 2. The van der Waals surface area contributed by atoms with Crippen molar-refractivity contribution < 1.29 is 9.18 Å². The normalized spacial score (nSPS) is 10.9. The minimum Gasteiger partial charge on any atom is -0.266 e. The van der Waals surface area contributed by atoms with Gasteiger partial charge in [-0.25, -0.2) is 9.82 Å². The molecular weight excluding hydrogens is 315 g/mol. The molecule has 1 aromatic heterocycles. The van der Waals surface area contributed by atoms with Gasteiger partial charge in [0.1, 0.15) is 11.5 Å². The molecule has 1 amide bonds. The number of carbonyl (C=O) groups is 1. The summed E-state index contributed by atoms with van der Waals surface area (Å²) in [7, 11) is 1.66. The van der Waals surface area contributed by atoms with Crippen LogP contribution in [0.5, 0.6) is 0 Å². The van der Waals surface area contributed by atoms with E-state index in [9.17, 15) is 9.18 Å². The van der Waals surface area contributed by atoms with E-state index in [0.29, 0.717) is 15.7 Å². The van der Waals surface area contributed by atoms with Gasteiger partial charge in [0.05, 0.1) is 16.9 Å². The Morgan fingerprint density at radius 2 is 2.16 bits per heavy atom. The molecule has 0 aliphatic rings. The third-order valence-electron chi connectivity index (χ3n) is 2.36. The molecule has 0 saturated heterocycles. The van der Waals surface area contributed by atoms with Crippen LogP contribution in [0.4, 0.5) is 4.39 Å². The van der Waals surface area contributed by atoms with Gasteiger partial charge in [0.15, 0.2) is 0 Å². The first-order valence-electron chi connectivity index (χ1n) is 5.34. The fourth-order valence-corrected chi connectivity index (χ4v) is 1.96. The van der Waals surface area contributed by atoms with Crippen molar-refractivity contribution in [3.8, 4) is 0 Å². The van der Waals surface area contributed by atoms with Crippen LogP contribution in [-0.2, 0) is 7.05 Å². The summed E-state index contributed by atoms with van der Waals surface area (Å²) in [4.78, 5) is 11.8. The van der Waals surface area contributed by atoms with Crippen LogP contribution < -0.4 is 5.43 Å². The van der Waals surface area contributed by atoms with Crippen molar-refractivity contribution in [1.29, 1.82) is 0 Å². The Balaban J connectivity index is 2.03. The maximum atomic E-state index is 12.7. The predicted octanol–water partition coefficient (Wildman–Crippen LogP) is 2.09. The largest absolute Gasteiger partial charge is 0.290 e. The van der Waals surface area contributed by atoms with Gasteiger partial charge < -0.3 is 0 Å². The Morgan fingerprint density at radius 1 is 1.47 bits per heavy atom. The molecule has 1 aromatic carbocycles. The molecule has 98 valence electrons. The number of benzene rings is 1. The zero-order valence-corrected chi connectivity index (χ0v) is 11.6. The molecular formula is C12H10BrFN4O. The Kier molecular flexibility index (Phi) is 4.06. The summed E-state index contributed by atoms with van der Waals surface area (Å²) in [6, 6.07) is 5.76. The van der Waals surface area contributed by atoms with E-state index in [1.165, 1.54) is 29.2 Å². The van der Waals surface area contributed by atoms with Crippen LogP contribution in [0, 0.1) is 5.82 Å². The molecule has 19 heavy (non-hydrogen) atoms. The predicted molar refractivity (Wildman–Crippen MR) is 72.4 cm³/mol. The first-order chi connectivity index (χ1) is 9.08. The van der Waals surface area contributed by atoms with E-state index in [2.05, 4.69) is 31.6 Å². The average Bonchev–Trinajstić information content (AvgIpc) is 2.71. The van der Waals surface area contributed by atoms with Crippen LogP contribution in [0.25, 0.3) is 0 Å². The van der Waals surface area contributed by atoms with Crippen LogP contribution in [0.1, 0.15) is 16.1 Å². The second kappa shape index (κ2) is 5.75. The molecule has 2 rings (SSSR count). The molecule has 0 spiro atoms. The number of rotatable bonds is 3. The fraction of sp³-hybridized carbons (Fsp3) is 0.0833. The second-order valence-electron chi connectivity index (χ2n) is 3.72. The Labute approximate surface area is 117 Å². The zero-order chi connectivity index (χ0) is 13.8. The Bertz CT molecular complexity index is 602. The molecule has 0 atom stereocenters. The van der Waals surface area contributed by atoms with Crippen molar-refractivity contribution in [2.45, 2.75) is 0 Å². The van der Waals surface area contributed by atoms with Crippen molar-refractivity contribution in [2.24, 2.45) is 12.1 Å². The molecule has 1 heterocycles. The molecule has 0 aliphatic carbocycles. The number of hydrogen-bond acceptors (Lipinski definition) is 3. The number of hydrogen-bond donors (Lipinski definition) is 1. The van der Waals surface area contributed by atoms with Crippen LogP contribution in [0.3, 0.4) is 0 Å². The van der Waals surface area contributed by atoms with Gasteiger partial charge in [0, 0.05) is 7.05 Å². The maximum Gasteiger partial charge on any atom is 0.290 e. The average molecular weight is 325 g/mol. The van der Waals surface area contributed by atoms with Gasteiger partial charge in [-0.05, 0) is 33.6 Å². The van der Waals surface area contributed by atoms with Crippen molar-refractivity contribution >= 4 is 28.1 Å². The molecule has 5 nitrogen and oxygen atoms in total. The molecule has 0 saturated carbocycles. The lowest BCUT2D eigenvalue weighted by atomic mass is 10.2. The number of halogens is 2. The van der Waals surface area contributed by atoms with Crippen molar-refractivity contribution in [1.82, 2.24) is 15.2 Å². The fourth-order valence-electron chi connectivity index (χ4n) is 1.43. The summed E-state index contributed by atoms with van der Waals surface area (Å²) < 4.78 is 14.7. The molecule has 2 aromatic rings. The number of aryl methyl sites for hydroxylation is 1. The Hall–Kier alpha value is -2.02. The van der Waals surface area contributed by atoms with E-state index in [-0.39, 0.29) is 11.7 Å². The summed E-state index contributed by atoms with van der Waals surface area (Å²) in [6.07, 6.45) is 2.96. The Morgan fingerprint density at radius 3 is 2.74 bits per heavy atom. The van der Waals surface area contributed by atoms with Crippen LogP contribution in [0.15, 0.2) is 40.0 Å². The first-order valence-corrected chi connectivity index (χ1v) is 6.13. The standard InChI is InChI=1S/C12H10BrFN4O/c1-18-11(10(13)7-16-18)12(19)17-15-6-8-2-4-9(14)5-3-8/h2-7H,1H3,(H,17,19)/b15-6-. The van der Waals surface area contributed by atoms with Gasteiger partial charge in [0.2, 0.25) is 0 Å². The number of nitrogens with one attached hydrogen (secondary N) is 1. The number of carbonyl (C=O) groups excluding carboxylic acids is 1. The summed E-state index contributed by atoms with van der Waals surface area (Å²) >= 11 is 3.22. The lowest BCUT2D eigenvalue weighted by molar-refractivity contribution is 0.0945. The maximum absolute atomic E-state index is 12.7. The van der Waals surface area contributed by atoms with Crippen LogP contribution >= 0.6 is 15.9 Å². The highest BCUT2D eigenvalue weighted by Gasteiger charge is 2.14. The molecule has 7 heteroatoms. The van der Waals surface area contributed by atoms with Crippen molar-refractivity contribution in [2.75, 3.05) is 0 Å². The van der Waals surface area contributed by atoms with Gasteiger partial charge in [0.25, 0.3) is 5.91 Å². The molecule has 0 aliphatic heterocycles. The van der Waals surface area contributed by atoms with E-state index in [1.54, 1.807) is 19.2 Å². The van der Waals surface area contributed by atoms with Gasteiger partial charge in [-0.2, -0.15) is 10.2 Å². The van der Waals surface area contributed by atoms with Gasteiger partial charge in [-0.1, -0.05) is 12.1 Å². The smallest absolute Gasteiger partial charge is 0.266 e. The van der Waals surface area contributed by atoms with Crippen LogP contribution in [-0.4, -0.2) is 21.9 Å². The zero-order valence-electron chi connectivity index (χ0n) is 9.97. The topological polar surface area (TPSA) is 59.3 Å². The molecule has 0 radical (unpaired) electrons. The summed E-state index contributed by atoms with van der Waals surface area (Å²) in [5.41, 5.74) is 3.43. The SMILES string of the molecule is Cn1ncc(Br)c1C(=O)N/N=C\c1ccc(F)cc1. The third-order valence-corrected chi connectivity index (χ3v) is 2.94. The molecule has 0 bridgehead atoms. The number of amides is 1. The van der Waals surface area contributed by atoms with Crippen molar-refractivity contribution in [3.05, 3.63) is 52.0 Å². The van der Waals surface area contributed by atoms with Crippen molar-refractivity contribution in [3.63, 3.8) is 0 Å². The van der Waals surface area contributed by atoms with E-state index < -0.39 is 0 Å². The van der Waals surface area contributed by atoms with E-state index in [4.69, 9.17) is 0 Å². The monoisotopic (exact) mass is 324 g/mol. The molecule has 0 unspecified atom stereocenters. The quantitative estimate of drug-likeness (QED) is 0.694. The van der Waals surface area contributed by atoms with E-state index in [0.717, 1.165) is 0 Å². The third kappa shape index (κ3) is 3.25. The highest BCUT2D eigenvalue weighted by molar-refractivity contribution is 9.10. The van der Waals surface area contributed by atoms with Gasteiger partial charge in [-0.15, -0.1) is 0 Å². The molecule has 1 N–H and O–H groups in total. The number of nitrogens with zero attached hydrogens (tertiary/aromatic N) is 3. The summed E-state index contributed by atoms with van der Waals surface area (Å²) in [5, 5.41) is 7.73. The van der Waals surface area contributed by atoms with Gasteiger partial charge in [-0.3, -0.25) is 9.48 Å². The highest BCUT2D eigenvalue weighted by atomic mass is 79.9. The lowest BCUT2D eigenvalue weighted by Gasteiger charge is -2.00. The second-order valence-corrected chi connectivity index (χ2v) is 4.57. The van der Waals surface area contributed by atoms with E-state index >= 15 is 0 Å². The van der Waals surface area contributed by atoms with Crippen LogP contribution in [0.2, 0.25) is 0 Å². The minimum atomic E-state index is -0.384. The van der Waals surface area contributed by atoms with Gasteiger partial charge >= 0.3 is 0 Å². The summed E-state index contributed by atoms with van der Waals surface area (Å²) in [5.74, 6) is -0.703. The summed E-state index contributed by atoms with van der Waals surface area (Å²) in [6.45, 7) is 0. The minimum absolute atomic E-state index is 0.319. The number of hydrazone groups is 1. The first kappa shape index (κ1) is 13.4. The van der Waals surface area contributed by atoms with E-state index in [1.807, 2.05) is 0 Å². The lowest BCUT2D eigenvalue weighted by Crippen LogP contribution is -2.21. The highest BCUT2D eigenvalue weighted by Crippen LogP contribution is 2.14. The molecule has 0 fully saturated rings.